The van der Waals surface area contributed by atoms with Crippen molar-refractivity contribution in [2.75, 3.05) is 17.3 Å². The summed E-state index contributed by atoms with van der Waals surface area (Å²) < 4.78 is 2.15. The molecule has 0 radical (unpaired) electrons. The van der Waals surface area contributed by atoms with Gasteiger partial charge in [-0.05, 0) is 19.1 Å². The first-order chi connectivity index (χ1) is 6.36. The van der Waals surface area contributed by atoms with Crippen LogP contribution in [0.3, 0.4) is 0 Å². The average molecular weight is 299 g/mol. The lowest BCUT2D eigenvalue weighted by atomic mass is 10.4. The van der Waals surface area contributed by atoms with E-state index in [2.05, 4.69) is 26.1 Å². The molecule has 2 nitrogen and oxygen atoms in total. The van der Waals surface area contributed by atoms with Crippen molar-refractivity contribution in [3.8, 4) is 0 Å². The van der Waals surface area contributed by atoms with Crippen LogP contribution in [0.25, 0.3) is 0 Å². The van der Waals surface area contributed by atoms with Crippen molar-refractivity contribution < 1.29 is 0 Å². The highest BCUT2D eigenvalue weighted by molar-refractivity contribution is 9.09. The topological polar surface area (TPSA) is 25.8 Å². The second-order valence-corrected chi connectivity index (χ2v) is 6.45. The molecule has 6 heteroatoms. The highest BCUT2D eigenvalue weighted by atomic mass is 79.9. The van der Waals surface area contributed by atoms with Crippen LogP contribution in [0, 0.1) is 0 Å². The van der Waals surface area contributed by atoms with Crippen molar-refractivity contribution in [1.82, 2.24) is 10.2 Å². The van der Waals surface area contributed by atoms with Gasteiger partial charge in [0.25, 0.3) is 0 Å². The van der Waals surface area contributed by atoms with Gasteiger partial charge in [0, 0.05) is 11.1 Å². The van der Waals surface area contributed by atoms with Gasteiger partial charge in [-0.25, -0.2) is 0 Å². The lowest BCUT2D eigenvalue weighted by Crippen LogP contribution is -1.80. The predicted molar refractivity (Wildman–Crippen MR) is 65.4 cm³/mol. The van der Waals surface area contributed by atoms with E-state index in [-0.39, 0.29) is 0 Å². The molecule has 0 unspecified atom stereocenters. The van der Waals surface area contributed by atoms with Gasteiger partial charge in [-0.15, -0.1) is 10.2 Å². The minimum atomic E-state index is 1.06. The second kappa shape index (κ2) is 7.09. The molecule has 0 bridgehead atoms. The van der Waals surface area contributed by atoms with Gasteiger partial charge in [0.1, 0.15) is 0 Å². The maximum Gasteiger partial charge on any atom is 0.175 e. The Morgan fingerprint density at radius 3 is 2.69 bits per heavy atom. The molecule has 0 aliphatic carbocycles. The molecule has 1 rings (SSSR count). The van der Waals surface area contributed by atoms with Gasteiger partial charge in [0.15, 0.2) is 8.68 Å². The fraction of sp³-hybridized carbons (Fsp3) is 0.714. The van der Waals surface area contributed by atoms with E-state index in [9.17, 15) is 0 Å². The first-order valence-electron chi connectivity index (χ1n) is 3.93. The summed E-state index contributed by atoms with van der Waals surface area (Å²) in [6.07, 6.45) is 4.51. The van der Waals surface area contributed by atoms with E-state index >= 15 is 0 Å². The molecule has 0 aliphatic rings. The summed E-state index contributed by atoms with van der Waals surface area (Å²) in [5.41, 5.74) is 0. The Morgan fingerprint density at radius 1 is 1.31 bits per heavy atom. The molecule has 1 aromatic rings. The van der Waals surface area contributed by atoms with Crippen LogP contribution in [0.5, 0.6) is 0 Å². The summed E-state index contributed by atoms with van der Waals surface area (Å²) in [6.45, 7) is 0. The minimum absolute atomic E-state index is 1.06. The molecule has 0 fully saturated rings. The zero-order valence-corrected chi connectivity index (χ0v) is 11.4. The lowest BCUT2D eigenvalue weighted by molar-refractivity contribution is 0.907. The van der Waals surface area contributed by atoms with Crippen LogP contribution in [0.4, 0.5) is 0 Å². The van der Waals surface area contributed by atoms with E-state index in [1.54, 1.807) is 23.1 Å². The molecule has 0 aromatic carbocycles. The maximum absolute atomic E-state index is 4.08. The van der Waals surface area contributed by atoms with Crippen LogP contribution >= 0.6 is 50.8 Å². The van der Waals surface area contributed by atoms with Crippen molar-refractivity contribution in [3.05, 3.63) is 0 Å². The quantitative estimate of drug-likeness (QED) is 0.456. The summed E-state index contributed by atoms with van der Waals surface area (Å²) in [7, 11) is 0. The summed E-state index contributed by atoms with van der Waals surface area (Å²) in [5.74, 6) is 1.15. The zero-order chi connectivity index (χ0) is 9.52. The molecule has 0 spiro atoms. The number of nitrogens with zero attached hydrogens (tertiary/aromatic N) is 2. The standard InChI is InChI=1S/C7H11BrN2S3/c1-11-6-9-10-7(13-6)12-5-3-2-4-8/h2-5H2,1H3. The van der Waals surface area contributed by atoms with Gasteiger partial charge in [0.05, 0.1) is 0 Å². The number of halogens is 1. The molecule has 0 atom stereocenters. The number of rotatable bonds is 6. The third-order valence-corrected chi connectivity index (χ3v) is 5.00. The van der Waals surface area contributed by atoms with Crippen molar-refractivity contribution in [1.29, 1.82) is 0 Å². The fourth-order valence-corrected chi connectivity index (χ4v) is 3.60. The fourth-order valence-electron chi connectivity index (χ4n) is 0.694. The van der Waals surface area contributed by atoms with Gasteiger partial charge >= 0.3 is 0 Å². The summed E-state index contributed by atoms with van der Waals surface area (Å²) in [5, 5.41) is 9.22. The van der Waals surface area contributed by atoms with Gasteiger partial charge in [-0.3, -0.25) is 0 Å². The lowest BCUT2D eigenvalue weighted by Gasteiger charge is -1.93. The second-order valence-electron chi connectivity index (χ2n) is 2.28. The van der Waals surface area contributed by atoms with Crippen LogP contribution in [-0.2, 0) is 0 Å². The molecular formula is C7H11BrN2S3. The van der Waals surface area contributed by atoms with Gasteiger partial charge < -0.3 is 0 Å². The Bertz CT molecular complexity index is 241. The third-order valence-electron chi connectivity index (χ3n) is 1.32. The highest BCUT2D eigenvalue weighted by Crippen LogP contribution is 2.27. The smallest absolute Gasteiger partial charge is 0.131 e. The molecule has 0 saturated heterocycles. The SMILES string of the molecule is CSc1nnc(SCCCCBr)s1. The maximum atomic E-state index is 4.08. The number of aromatic nitrogens is 2. The van der Waals surface area contributed by atoms with Crippen molar-refractivity contribution >= 4 is 50.8 Å². The van der Waals surface area contributed by atoms with E-state index in [1.165, 1.54) is 12.8 Å². The van der Waals surface area contributed by atoms with Crippen LogP contribution < -0.4 is 0 Å². The summed E-state index contributed by atoms with van der Waals surface area (Å²) >= 11 is 8.56. The van der Waals surface area contributed by atoms with Crippen molar-refractivity contribution in [2.45, 2.75) is 21.5 Å². The molecular weight excluding hydrogens is 288 g/mol. The van der Waals surface area contributed by atoms with Crippen LogP contribution in [-0.4, -0.2) is 27.5 Å². The van der Waals surface area contributed by atoms with Crippen molar-refractivity contribution in [3.63, 3.8) is 0 Å². The molecule has 0 saturated carbocycles. The van der Waals surface area contributed by atoms with Gasteiger partial charge in [-0.1, -0.05) is 50.8 Å². The molecule has 0 amide bonds. The average Bonchev–Trinajstić information content (AvgIpc) is 2.60. The Morgan fingerprint density at radius 2 is 2.08 bits per heavy atom. The highest BCUT2D eigenvalue weighted by Gasteiger charge is 2.02. The Labute approximate surface area is 99.4 Å². The first kappa shape index (κ1) is 11.8. The molecule has 1 aromatic heterocycles. The van der Waals surface area contributed by atoms with Crippen LogP contribution in [0.15, 0.2) is 8.68 Å². The van der Waals surface area contributed by atoms with E-state index in [4.69, 9.17) is 0 Å². The van der Waals surface area contributed by atoms with E-state index in [0.29, 0.717) is 0 Å². The molecule has 74 valence electrons. The van der Waals surface area contributed by atoms with E-state index in [1.807, 2.05) is 18.0 Å². The number of thioether (sulfide) groups is 2. The molecule has 0 aliphatic heterocycles. The van der Waals surface area contributed by atoms with Crippen molar-refractivity contribution in [2.24, 2.45) is 0 Å². The van der Waals surface area contributed by atoms with E-state index in [0.717, 1.165) is 19.8 Å². The van der Waals surface area contributed by atoms with E-state index < -0.39 is 0 Å². The number of alkyl halides is 1. The van der Waals surface area contributed by atoms with Crippen LogP contribution in [0.2, 0.25) is 0 Å². The van der Waals surface area contributed by atoms with Gasteiger partial charge in [0.2, 0.25) is 0 Å². The molecule has 1 heterocycles. The number of hydrogen-bond donors (Lipinski definition) is 0. The van der Waals surface area contributed by atoms with Gasteiger partial charge in [-0.2, -0.15) is 0 Å². The number of unbranched alkanes of at least 4 members (excludes halogenated alkanes) is 1. The number of hydrogen-bond acceptors (Lipinski definition) is 5. The molecule has 0 N–H and O–H groups in total. The normalized spacial score (nSPS) is 10.6. The summed E-state index contributed by atoms with van der Waals surface area (Å²) in [4.78, 5) is 0. The van der Waals surface area contributed by atoms with Crippen LogP contribution in [0.1, 0.15) is 12.8 Å². The Kier molecular flexibility index (Phi) is 6.44. The summed E-state index contributed by atoms with van der Waals surface area (Å²) in [6, 6.07) is 0. The zero-order valence-electron chi connectivity index (χ0n) is 7.33. The largest absolute Gasteiger partial charge is 0.175 e. The minimum Gasteiger partial charge on any atom is -0.131 e. The molecule has 13 heavy (non-hydrogen) atoms. The monoisotopic (exact) mass is 298 g/mol. The third kappa shape index (κ3) is 4.67. The first-order valence-corrected chi connectivity index (χ1v) is 8.08. The Balaban J connectivity index is 2.20. The predicted octanol–water partition coefficient (Wildman–Crippen LogP) is 3.53. The Hall–Kier alpha value is 0.740.